The van der Waals surface area contributed by atoms with Gasteiger partial charge in [0, 0.05) is 13.0 Å². The van der Waals surface area contributed by atoms with Crippen molar-refractivity contribution < 1.29 is 4.79 Å². The van der Waals surface area contributed by atoms with Crippen LogP contribution in [-0.2, 0) is 4.79 Å². The molecule has 1 fully saturated rings. The highest BCUT2D eigenvalue weighted by Crippen LogP contribution is 2.17. The van der Waals surface area contributed by atoms with Gasteiger partial charge in [-0.1, -0.05) is 0 Å². The molecule has 0 heterocycles. The van der Waals surface area contributed by atoms with Gasteiger partial charge in [0.15, 0.2) is 0 Å². The van der Waals surface area contributed by atoms with Crippen LogP contribution in [-0.4, -0.2) is 11.9 Å². The second-order valence-corrected chi connectivity index (χ2v) is 2.03. The van der Waals surface area contributed by atoms with Gasteiger partial charge in [0.2, 0.25) is 0 Å². The number of rotatable bonds is 2. The van der Waals surface area contributed by atoms with E-state index in [1.54, 1.807) is 0 Å². The third-order valence-electron chi connectivity index (χ3n) is 0.982. The fourth-order valence-electron chi connectivity index (χ4n) is 0.395. The van der Waals surface area contributed by atoms with Crippen molar-refractivity contribution in [3.63, 3.8) is 0 Å². The molecule has 0 spiro atoms. The standard InChI is InChI=1S/C5H9N2O/c1-4(8)6-7-5-2-3-5/h5,7H,2-3H2,1H3. The fourth-order valence-corrected chi connectivity index (χ4v) is 0.395. The normalized spacial score (nSPS) is 18.1. The quantitative estimate of drug-likeness (QED) is 0.504. The zero-order chi connectivity index (χ0) is 5.98. The van der Waals surface area contributed by atoms with Gasteiger partial charge in [0.25, 0.3) is 5.91 Å². The molecule has 3 heteroatoms. The zero-order valence-corrected chi connectivity index (χ0v) is 4.85. The Morgan fingerprint density at radius 3 is 2.75 bits per heavy atom. The Morgan fingerprint density at radius 1 is 1.75 bits per heavy atom. The largest absolute Gasteiger partial charge is 0.272 e. The van der Waals surface area contributed by atoms with Crippen LogP contribution in [0.3, 0.4) is 0 Å². The van der Waals surface area contributed by atoms with Crippen LogP contribution in [0.15, 0.2) is 0 Å². The molecule has 0 atom stereocenters. The average molecular weight is 113 g/mol. The van der Waals surface area contributed by atoms with Gasteiger partial charge in [-0.25, -0.2) is 5.43 Å². The summed E-state index contributed by atoms with van der Waals surface area (Å²) in [7, 11) is 0. The number of hydrogen-bond acceptors (Lipinski definition) is 2. The number of amides is 1. The molecule has 0 bridgehead atoms. The summed E-state index contributed by atoms with van der Waals surface area (Å²) in [5.74, 6) is -0.142. The lowest BCUT2D eigenvalue weighted by Gasteiger charge is -1.94. The molecule has 0 aromatic heterocycles. The van der Waals surface area contributed by atoms with Crippen LogP contribution < -0.4 is 10.9 Å². The van der Waals surface area contributed by atoms with Gasteiger partial charge in [-0.05, 0) is 12.8 Å². The zero-order valence-electron chi connectivity index (χ0n) is 4.85. The van der Waals surface area contributed by atoms with E-state index < -0.39 is 0 Å². The lowest BCUT2D eigenvalue weighted by molar-refractivity contribution is -0.120. The first-order valence-corrected chi connectivity index (χ1v) is 2.76. The maximum absolute atomic E-state index is 10.1. The van der Waals surface area contributed by atoms with Crippen molar-refractivity contribution in [3.8, 4) is 0 Å². The summed E-state index contributed by atoms with van der Waals surface area (Å²) >= 11 is 0. The highest BCUT2D eigenvalue weighted by atomic mass is 16.2. The maximum Gasteiger partial charge on any atom is 0.254 e. The summed E-state index contributed by atoms with van der Waals surface area (Å²) in [6.45, 7) is 1.44. The Bertz CT molecular complexity index is 98.6. The number of carbonyl (C=O) groups excluding carboxylic acids is 1. The first kappa shape index (κ1) is 5.56. The van der Waals surface area contributed by atoms with Crippen molar-refractivity contribution in [2.45, 2.75) is 25.8 Å². The van der Waals surface area contributed by atoms with Crippen LogP contribution >= 0.6 is 0 Å². The molecule has 1 aliphatic rings. The van der Waals surface area contributed by atoms with E-state index in [0.29, 0.717) is 6.04 Å². The molecule has 0 aromatic carbocycles. The lowest BCUT2D eigenvalue weighted by Crippen LogP contribution is -2.29. The van der Waals surface area contributed by atoms with E-state index in [4.69, 9.17) is 0 Å². The summed E-state index contributed by atoms with van der Waals surface area (Å²) in [6.07, 6.45) is 2.33. The van der Waals surface area contributed by atoms with Crippen molar-refractivity contribution in [1.29, 1.82) is 0 Å². The maximum atomic E-state index is 10.1. The molecule has 1 N–H and O–H groups in total. The molecule has 0 saturated heterocycles. The van der Waals surface area contributed by atoms with E-state index in [1.807, 2.05) is 0 Å². The number of hydrogen-bond donors (Lipinski definition) is 1. The molecular formula is C5H9N2O. The topological polar surface area (TPSA) is 43.2 Å². The molecule has 8 heavy (non-hydrogen) atoms. The van der Waals surface area contributed by atoms with Crippen LogP contribution in [0, 0.1) is 0 Å². The number of nitrogens with one attached hydrogen (secondary N) is 1. The highest BCUT2D eigenvalue weighted by Gasteiger charge is 2.21. The second kappa shape index (κ2) is 2.13. The first-order valence-electron chi connectivity index (χ1n) is 2.76. The fraction of sp³-hybridized carbons (Fsp3) is 0.800. The van der Waals surface area contributed by atoms with Crippen molar-refractivity contribution in [2.24, 2.45) is 0 Å². The van der Waals surface area contributed by atoms with Crippen LogP contribution in [0.25, 0.3) is 0 Å². The molecule has 45 valence electrons. The van der Waals surface area contributed by atoms with Gasteiger partial charge in [-0.3, -0.25) is 4.79 Å². The Balaban J connectivity index is 1.95. The SMILES string of the molecule is CC(=O)[N]NC1CC1. The van der Waals surface area contributed by atoms with E-state index in [2.05, 4.69) is 10.9 Å². The Labute approximate surface area is 48.4 Å². The molecule has 3 nitrogen and oxygen atoms in total. The van der Waals surface area contributed by atoms with E-state index in [0.717, 1.165) is 12.8 Å². The number of nitrogens with zero attached hydrogens (tertiary/aromatic N) is 1. The molecule has 1 aliphatic carbocycles. The minimum atomic E-state index is -0.142. The molecular weight excluding hydrogens is 104 g/mol. The Kier molecular flexibility index (Phi) is 1.48. The smallest absolute Gasteiger partial charge is 0.254 e. The minimum absolute atomic E-state index is 0.142. The lowest BCUT2D eigenvalue weighted by atomic mass is 10.7. The van der Waals surface area contributed by atoms with Gasteiger partial charge in [0.05, 0.1) is 0 Å². The van der Waals surface area contributed by atoms with Gasteiger partial charge in [-0.2, -0.15) is 5.43 Å². The van der Waals surface area contributed by atoms with Crippen molar-refractivity contribution >= 4 is 5.91 Å². The number of carbonyl (C=O) groups is 1. The molecule has 0 unspecified atom stereocenters. The summed E-state index contributed by atoms with van der Waals surface area (Å²) in [6, 6.07) is 0.499. The summed E-state index contributed by atoms with van der Waals surface area (Å²) in [4.78, 5) is 10.1. The van der Waals surface area contributed by atoms with E-state index in [-0.39, 0.29) is 5.91 Å². The van der Waals surface area contributed by atoms with Crippen LogP contribution in [0.5, 0.6) is 0 Å². The predicted molar refractivity (Wildman–Crippen MR) is 29.0 cm³/mol. The molecule has 0 aliphatic heterocycles. The Morgan fingerprint density at radius 2 is 2.38 bits per heavy atom. The minimum Gasteiger partial charge on any atom is -0.272 e. The van der Waals surface area contributed by atoms with E-state index in [1.165, 1.54) is 6.92 Å². The summed E-state index contributed by atoms with van der Waals surface area (Å²) in [5.41, 5.74) is 6.23. The van der Waals surface area contributed by atoms with Crippen LogP contribution in [0.4, 0.5) is 0 Å². The van der Waals surface area contributed by atoms with Crippen molar-refractivity contribution in [3.05, 3.63) is 0 Å². The third kappa shape index (κ3) is 1.93. The third-order valence-corrected chi connectivity index (χ3v) is 0.982. The van der Waals surface area contributed by atoms with Gasteiger partial charge < -0.3 is 0 Å². The molecule has 1 radical (unpaired) electrons. The van der Waals surface area contributed by atoms with E-state index in [9.17, 15) is 4.79 Å². The van der Waals surface area contributed by atoms with Gasteiger partial charge in [0.1, 0.15) is 0 Å². The first-order chi connectivity index (χ1) is 3.79. The highest BCUT2D eigenvalue weighted by molar-refractivity contribution is 5.71. The Hall–Kier alpha value is -0.570. The summed E-state index contributed by atoms with van der Waals surface area (Å²) < 4.78 is 0. The van der Waals surface area contributed by atoms with Crippen LogP contribution in [0.1, 0.15) is 19.8 Å². The van der Waals surface area contributed by atoms with Gasteiger partial charge in [-0.15, -0.1) is 0 Å². The molecule has 1 saturated carbocycles. The van der Waals surface area contributed by atoms with Crippen LogP contribution in [0.2, 0.25) is 0 Å². The van der Waals surface area contributed by atoms with Gasteiger partial charge >= 0.3 is 0 Å². The molecule has 0 aromatic rings. The summed E-state index contributed by atoms with van der Waals surface area (Å²) in [5, 5.41) is 0. The second-order valence-electron chi connectivity index (χ2n) is 2.03. The van der Waals surface area contributed by atoms with Crippen molar-refractivity contribution in [1.82, 2.24) is 10.9 Å². The van der Waals surface area contributed by atoms with Crippen molar-refractivity contribution in [2.75, 3.05) is 0 Å². The average Bonchev–Trinajstić information content (AvgIpc) is 2.41. The predicted octanol–water partition coefficient (Wildman–Crippen LogP) is -0.196. The molecule has 1 rings (SSSR count). The van der Waals surface area contributed by atoms with E-state index >= 15 is 0 Å². The monoisotopic (exact) mass is 113 g/mol. The molecule has 1 amide bonds.